The van der Waals surface area contributed by atoms with Gasteiger partial charge in [0.2, 0.25) is 0 Å². The summed E-state index contributed by atoms with van der Waals surface area (Å²) in [5, 5.41) is 45.4. The monoisotopic (exact) mass is 568 g/mol. The molecule has 2 aromatic rings. The van der Waals surface area contributed by atoms with Crippen LogP contribution in [0.5, 0.6) is 23.0 Å². The molecule has 4 heterocycles. The molecule has 42 heavy (non-hydrogen) atoms. The molecule has 2 aromatic carbocycles. The molecular weight excluding hydrogens is 532 g/mol. The van der Waals surface area contributed by atoms with E-state index < -0.39 is 35.2 Å². The van der Waals surface area contributed by atoms with Crippen LogP contribution >= 0.6 is 0 Å². The Hall–Kier alpha value is -3.04. The largest absolute Gasteiger partial charge is 0.504 e. The van der Waals surface area contributed by atoms with Crippen molar-refractivity contribution in [2.45, 2.75) is 73.0 Å². The highest BCUT2D eigenvalue weighted by Crippen LogP contribution is 2.67. The lowest BCUT2D eigenvalue weighted by Crippen LogP contribution is -2.65. The molecule has 4 N–H and O–H groups in total. The number of hydrogen-bond donors (Lipinski definition) is 4. The van der Waals surface area contributed by atoms with E-state index in [4.69, 9.17) is 9.47 Å². The third kappa shape index (κ3) is 2.48. The molecule has 8 nitrogen and oxygen atoms in total. The first kappa shape index (κ1) is 24.4. The van der Waals surface area contributed by atoms with Crippen molar-refractivity contribution in [1.29, 1.82) is 0 Å². The van der Waals surface area contributed by atoms with Crippen LogP contribution in [0.4, 0.5) is 0 Å². The van der Waals surface area contributed by atoms with E-state index in [-0.39, 0.29) is 35.4 Å². The van der Waals surface area contributed by atoms with Crippen LogP contribution in [-0.4, -0.2) is 93.9 Å². The number of aliphatic hydroxyl groups excluding tert-OH is 2. The van der Waals surface area contributed by atoms with Crippen LogP contribution in [0, 0.1) is 11.8 Å². The third-order valence-corrected chi connectivity index (χ3v) is 12.8. The molecule has 2 fully saturated rings. The van der Waals surface area contributed by atoms with Gasteiger partial charge in [-0.05, 0) is 87.3 Å². The number of phenols is 2. The van der Waals surface area contributed by atoms with Crippen molar-refractivity contribution < 1.29 is 29.9 Å². The van der Waals surface area contributed by atoms with Crippen LogP contribution in [0.3, 0.4) is 0 Å². The second-order valence-electron chi connectivity index (χ2n) is 14.2. The molecule has 4 aliphatic carbocycles. The first-order valence-corrected chi connectivity index (χ1v) is 15.5. The average Bonchev–Trinajstić information content (AvgIpc) is 3.51. The Morgan fingerprint density at radius 3 is 1.55 bits per heavy atom. The van der Waals surface area contributed by atoms with Crippen molar-refractivity contribution in [3.63, 3.8) is 0 Å². The summed E-state index contributed by atoms with van der Waals surface area (Å²) in [4.78, 5) is 4.88. The summed E-state index contributed by atoms with van der Waals surface area (Å²) < 4.78 is 13.0. The van der Waals surface area contributed by atoms with Gasteiger partial charge < -0.3 is 39.7 Å². The molecule has 10 atom stereocenters. The van der Waals surface area contributed by atoms with Gasteiger partial charge in [-0.3, -0.25) is 0 Å². The fourth-order valence-electron chi connectivity index (χ4n) is 11.1. The maximum absolute atomic E-state index is 11.6. The molecule has 2 spiro atoms. The summed E-state index contributed by atoms with van der Waals surface area (Å²) in [6.45, 7) is 1.81. The number of likely N-dealkylation sites (tertiary alicyclic amines) is 2. The van der Waals surface area contributed by atoms with E-state index in [9.17, 15) is 20.4 Å². The van der Waals surface area contributed by atoms with Crippen molar-refractivity contribution in [3.05, 3.63) is 58.7 Å². The Morgan fingerprint density at radius 2 is 1.12 bits per heavy atom. The van der Waals surface area contributed by atoms with Crippen LogP contribution < -0.4 is 9.47 Å². The van der Waals surface area contributed by atoms with Crippen LogP contribution in [0.15, 0.2) is 36.4 Å². The first-order valence-electron chi connectivity index (χ1n) is 15.5. The number of piperidine rings is 2. The van der Waals surface area contributed by atoms with Crippen molar-refractivity contribution >= 4 is 0 Å². The number of aliphatic hydroxyl groups is 2. The molecule has 2 unspecified atom stereocenters. The SMILES string of the molecule is CN1CC[C@]23c4c5c(-c6cc(O)c7c8c6C[C@@H]6C9C=C[C@H](O)[C@H](O7)[C@]89CCN6C)cc(O)c4O[C@H]2[C@@H](O)C=CC3[C@H]1C5. The lowest BCUT2D eigenvalue weighted by Gasteiger charge is -2.57. The van der Waals surface area contributed by atoms with Crippen molar-refractivity contribution in [2.24, 2.45) is 11.8 Å². The maximum Gasteiger partial charge on any atom is 0.165 e. The predicted molar refractivity (Wildman–Crippen MR) is 154 cm³/mol. The number of nitrogens with zero attached hydrogens (tertiary/aromatic N) is 2. The number of rotatable bonds is 1. The molecular formula is C34H36N2O6. The Balaban J connectivity index is 1.26. The molecule has 0 radical (unpaired) electrons. The molecule has 0 saturated carbocycles. The highest BCUT2D eigenvalue weighted by atomic mass is 16.5. The number of hydrogen-bond acceptors (Lipinski definition) is 8. The molecule has 4 aliphatic heterocycles. The van der Waals surface area contributed by atoms with Crippen LogP contribution in [-0.2, 0) is 23.7 Å². The summed E-state index contributed by atoms with van der Waals surface area (Å²) in [7, 11) is 4.38. The number of aromatic hydroxyl groups is 2. The summed E-state index contributed by atoms with van der Waals surface area (Å²) in [6.07, 6.45) is 9.10. The summed E-state index contributed by atoms with van der Waals surface area (Å²) in [5.74, 6) is 1.62. The maximum atomic E-state index is 11.6. The van der Waals surface area contributed by atoms with Gasteiger partial charge >= 0.3 is 0 Å². The van der Waals surface area contributed by atoms with Gasteiger partial charge in [-0.2, -0.15) is 0 Å². The summed E-state index contributed by atoms with van der Waals surface area (Å²) in [6, 6.07) is 4.16. The molecule has 4 bridgehead atoms. The van der Waals surface area contributed by atoms with E-state index in [1.165, 1.54) is 0 Å². The predicted octanol–water partition coefficient (Wildman–Crippen LogP) is 2.38. The molecule has 10 rings (SSSR count). The van der Waals surface area contributed by atoms with E-state index in [0.717, 1.165) is 72.2 Å². The molecule has 8 heteroatoms. The smallest absolute Gasteiger partial charge is 0.165 e. The van der Waals surface area contributed by atoms with Gasteiger partial charge in [0, 0.05) is 45.9 Å². The Morgan fingerprint density at radius 1 is 0.690 bits per heavy atom. The van der Waals surface area contributed by atoms with E-state index in [2.05, 4.69) is 36.0 Å². The number of likely N-dealkylation sites (N-methyl/N-ethyl adjacent to an activating group) is 2. The second-order valence-corrected chi connectivity index (χ2v) is 14.2. The number of ether oxygens (including phenoxy) is 2. The summed E-state index contributed by atoms with van der Waals surface area (Å²) >= 11 is 0. The van der Waals surface area contributed by atoms with Gasteiger partial charge in [0.15, 0.2) is 23.0 Å². The average molecular weight is 569 g/mol. The Kier molecular flexibility index (Phi) is 4.38. The zero-order valence-electron chi connectivity index (χ0n) is 23.8. The van der Waals surface area contributed by atoms with E-state index in [0.29, 0.717) is 11.5 Å². The standard InChI is InChI=1S/C34H36N2O6/c1-35-9-7-33-19-3-5-23(37)31(33)41-29-25(39)13-15(17(27(29)33)11-21(19)35)16-14-26(40)30-28-18(16)12-22-20-4-6-24(38)32(42-30)34(20,28)8-10-36(22)2/h3-6,13-14,19-24,31-32,37-40H,7-12H2,1-2H3/t19?,20?,21-,22-,23+,24+,31+,32+,33+,34+/m1/s1. The molecule has 0 amide bonds. The molecule has 0 aromatic heterocycles. The molecule has 2 saturated heterocycles. The van der Waals surface area contributed by atoms with Gasteiger partial charge in [0.05, 0.1) is 0 Å². The van der Waals surface area contributed by atoms with Crippen molar-refractivity contribution in [3.8, 4) is 34.1 Å². The fraction of sp³-hybridized carbons (Fsp3) is 0.529. The quantitative estimate of drug-likeness (QED) is 0.389. The minimum Gasteiger partial charge on any atom is -0.504 e. The van der Waals surface area contributed by atoms with Gasteiger partial charge in [-0.1, -0.05) is 24.3 Å². The normalized spacial score (nSPS) is 43.0. The lowest BCUT2D eigenvalue weighted by molar-refractivity contribution is -0.0454. The number of phenolic OH excluding ortho intramolecular Hbond substituents is 2. The number of benzene rings is 2. The molecule has 218 valence electrons. The topological polar surface area (TPSA) is 106 Å². The highest BCUT2D eigenvalue weighted by Gasteiger charge is 2.66. The van der Waals surface area contributed by atoms with Crippen LogP contribution in [0.2, 0.25) is 0 Å². The second kappa shape index (κ2) is 7.53. The molecule has 8 aliphatic rings. The zero-order chi connectivity index (χ0) is 28.4. The minimum absolute atomic E-state index is 0.0948. The zero-order valence-corrected chi connectivity index (χ0v) is 23.8. The minimum atomic E-state index is -0.734. The van der Waals surface area contributed by atoms with E-state index in [1.54, 1.807) is 0 Å². The van der Waals surface area contributed by atoms with Gasteiger partial charge in [-0.15, -0.1) is 0 Å². The van der Waals surface area contributed by atoms with Gasteiger partial charge in [0.25, 0.3) is 0 Å². The van der Waals surface area contributed by atoms with Crippen molar-refractivity contribution in [1.82, 2.24) is 9.80 Å². The summed E-state index contributed by atoms with van der Waals surface area (Å²) in [5.41, 5.74) is 5.52. The van der Waals surface area contributed by atoms with Crippen LogP contribution in [0.1, 0.15) is 35.1 Å². The van der Waals surface area contributed by atoms with Crippen molar-refractivity contribution in [2.75, 3.05) is 27.2 Å². The fourth-order valence-corrected chi connectivity index (χ4v) is 11.1. The third-order valence-electron chi connectivity index (χ3n) is 12.8. The van der Waals surface area contributed by atoms with E-state index in [1.807, 2.05) is 24.3 Å². The van der Waals surface area contributed by atoms with E-state index >= 15 is 0 Å². The van der Waals surface area contributed by atoms with Crippen LogP contribution in [0.25, 0.3) is 11.1 Å². The van der Waals surface area contributed by atoms with Gasteiger partial charge in [0.1, 0.15) is 24.4 Å². The Bertz CT molecular complexity index is 1550. The Labute approximate surface area is 244 Å². The first-order chi connectivity index (χ1) is 20.3. The highest BCUT2D eigenvalue weighted by molar-refractivity contribution is 5.83. The lowest BCUT2D eigenvalue weighted by atomic mass is 9.52. The van der Waals surface area contributed by atoms with Gasteiger partial charge in [-0.25, -0.2) is 0 Å².